The minimum Gasteiger partial charge on any atom is -0.372 e. The van der Waals surface area contributed by atoms with Gasteiger partial charge in [0.05, 0.1) is 0 Å². The van der Waals surface area contributed by atoms with Gasteiger partial charge in [0, 0.05) is 35.4 Å². The third-order valence-corrected chi connectivity index (χ3v) is 5.07. The summed E-state index contributed by atoms with van der Waals surface area (Å²) in [5.74, 6) is -0.0161. The number of hydrogen-bond acceptors (Lipinski definition) is 2. The van der Waals surface area contributed by atoms with E-state index >= 15 is 0 Å². The number of amides is 1. The monoisotopic (exact) mass is 386 g/mol. The maximum Gasteiger partial charge on any atom is 0.251 e. The van der Waals surface area contributed by atoms with Crippen LogP contribution in [-0.4, -0.2) is 25.5 Å². The molecule has 3 nitrogen and oxygen atoms in total. The summed E-state index contributed by atoms with van der Waals surface area (Å²) in [6.07, 6.45) is 3.25. The van der Waals surface area contributed by atoms with Crippen LogP contribution in [0.5, 0.6) is 0 Å². The Morgan fingerprint density at radius 3 is 2.75 bits per heavy atom. The van der Waals surface area contributed by atoms with Gasteiger partial charge in [-0.1, -0.05) is 28.1 Å². The van der Waals surface area contributed by atoms with Gasteiger partial charge in [-0.2, -0.15) is 0 Å². The number of nitrogens with zero attached hydrogens (tertiary/aromatic N) is 1. The van der Waals surface area contributed by atoms with Gasteiger partial charge in [0.15, 0.2) is 0 Å². The van der Waals surface area contributed by atoms with E-state index in [2.05, 4.69) is 51.3 Å². The van der Waals surface area contributed by atoms with E-state index in [9.17, 15) is 4.79 Å². The number of benzene rings is 2. The third kappa shape index (κ3) is 3.99. The fourth-order valence-electron chi connectivity index (χ4n) is 3.24. The average molecular weight is 387 g/mol. The molecule has 2 aromatic rings. The Kier molecular flexibility index (Phi) is 5.56. The number of nitrogens with one attached hydrogen (secondary N) is 1. The molecule has 0 aliphatic carbocycles. The first-order chi connectivity index (χ1) is 11.7. The van der Waals surface area contributed by atoms with Crippen LogP contribution in [0.3, 0.4) is 0 Å². The molecule has 1 aliphatic rings. The lowest BCUT2D eigenvalue weighted by molar-refractivity contribution is 0.0954. The quantitative estimate of drug-likeness (QED) is 0.834. The second kappa shape index (κ2) is 7.84. The molecule has 1 N–H and O–H groups in total. The maximum atomic E-state index is 12.1. The Morgan fingerprint density at radius 1 is 1.21 bits per heavy atom. The number of halogens is 1. The first-order valence-electron chi connectivity index (χ1n) is 8.58. The highest BCUT2D eigenvalue weighted by Crippen LogP contribution is 2.27. The van der Waals surface area contributed by atoms with Crippen LogP contribution >= 0.6 is 15.9 Å². The summed E-state index contributed by atoms with van der Waals surface area (Å²) in [7, 11) is 0. The predicted molar refractivity (Wildman–Crippen MR) is 103 cm³/mol. The molecule has 0 radical (unpaired) electrons. The Morgan fingerprint density at radius 2 is 2.00 bits per heavy atom. The first-order valence-corrected chi connectivity index (χ1v) is 9.37. The summed E-state index contributed by atoms with van der Waals surface area (Å²) in [6, 6.07) is 14.2. The van der Waals surface area contributed by atoms with Gasteiger partial charge >= 0.3 is 0 Å². The Bertz CT molecular complexity index is 712. The Balaban J connectivity index is 1.57. The lowest BCUT2D eigenvalue weighted by atomic mass is 9.98. The number of carbonyl (C=O) groups excluding carboxylic acids is 1. The molecule has 0 unspecified atom stereocenters. The molecule has 0 atom stereocenters. The minimum atomic E-state index is -0.0161. The fraction of sp³-hybridized carbons (Fsp3) is 0.350. The number of hydrogen-bond donors (Lipinski definition) is 1. The number of rotatable bonds is 5. The normalized spacial score (nSPS) is 13.5. The lowest BCUT2D eigenvalue weighted by Crippen LogP contribution is -2.29. The van der Waals surface area contributed by atoms with E-state index in [0.29, 0.717) is 12.1 Å². The van der Waals surface area contributed by atoms with E-state index in [1.54, 1.807) is 0 Å². The van der Waals surface area contributed by atoms with Gasteiger partial charge < -0.3 is 10.2 Å². The van der Waals surface area contributed by atoms with Crippen LogP contribution in [0.25, 0.3) is 0 Å². The summed E-state index contributed by atoms with van der Waals surface area (Å²) < 4.78 is 0.981. The highest BCUT2D eigenvalue weighted by atomic mass is 79.9. The summed E-state index contributed by atoms with van der Waals surface area (Å²) in [4.78, 5) is 14.6. The number of anilines is 1. The zero-order valence-corrected chi connectivity index (χ0v) is 15.6. The van der Waals surface area contributed by atoms with Crippen LogP contribution in [-0.2, 0) is 12.8 Å². The number of aryl methyl sites for hydroxylation is 1. The second-order valence-corrected chi connectivity index (χ2v) is 7.07. The van der Waals surface area contributed by atoms with Crippen molar-refractivity contribution in [2.24, 2.45) is 0 Å². The van der Waals surface area contributed by atoms with Gasteiger partial charge in [0.25, 0.3) is 5.91 Å². The topological polar surface area (TPSA) is 32.3 Å². The van der Waals surface area contributed by atoms with E-state index in [-0.39, 0.29) is 5.91 Å². The van der Waals surface area contributed by atoms with E-state index in [1.165, 1.54) is 23.2 Å². The van der Waals surface area contributed by atoms with E-state index in [1.807, 2.05) is 24.3 Å². The minimum absolute atomic E-state index is 0.0161. The van der Waals surface area contributed by atoms with Crippen molar-refractivity contribution in [2.45, 2.75) is 26.2 Å². The molecule has 2 aromatic carbocycles. The van der Waals surface area contributed by atoms with Crippen LogP contribution in [0.2, 0.25) is 0 Å². The maximum absolute atomic E-state index is 12.1. The molecule has 1 heterocycles. The van der Waals surface area contributed by atoms with Crippen molar-refractivity contribution in [2.75, 3.05) is 24.5 Å². The van der Waals surface area contributed by atoms with Crippen molar-refractivity contribution >= 4 is 27.5 Å². The van der Waals surface area contributed by atoms with Gasteiger partial charge in [-0.05, 0) is 67.6 Å². The highest BCUT2D eigenvalue weighted by Gasteiger charge is 2.15. The summed E-state index contributed by atoms with van der Waals surface area (Å²) in [5.41, 5.74) is 4.82. The predicted octanol–water partition coefficient (Wildman–Crippen LogP) is 4.19. The van der Waals surface area contributed by atoms with Crippen LogP contribution in [0.1, 0.15) is 34.8 Å². The zero-order valence-electron chi connectivity index (χ0n) is 14.0. The highest BCUT2D eigenvalue weighted by molar-refractivity contribution is 9.10. The lowest BCUT2D eigenvalue weighted by Gasteiger charge is -2.30. The van der Waals surface area contributed by atoms with Crippen molar-refractivity contribution in [3.8, 4) is 0 Å². The van der Waals surface area contributed by atoms with Crippen molar-refractivity contribution in [1.82, 2.24) is 5.32 Å². The largest absolute Gasteiger partial charge is 0.372 e. The zero-order chi connectivity index (χ0) is 16.9. The van der Waals surface area contributed by atoms with Crippen LogP contribution in [0.15, 0.2) is 46.9 Å². The summed E-state index contributed by atoms with van der Waals surface area (Å²) in [6.45, 7) is 5.09. The molecular weight excluding hydrogens is 364 g/mol. The number of fused-ring (bicyclic) bond motifs is 1. The van der Waals surface area contributed by atoms with Crippen molar-refractivity contribution < 1.29 is 4.79 Å². The Labute approximate surface area is 152 Å². The van der Waals surface area contributed by atoms with Crippen LogP contribution < -0.4 is 10.2 Å². The summed E-state index contributed by atoms with van der Waals surface area (Å²) in [5, 5.41) is 3.00. The standard InChI is InChI=1S/C20H23BrN2O/c1-2-23-13-3-4-17-14-15(5-10-19(17)23)11-12-22-20(24)16-6-8-18(21)9-7-16/h5-10,14H,2-4,11-13H2,1H3,(H,22,24). The van der Waals surface area contributed by atoms with Gasteiger partial charge in [0.2, 0.25) is 0 Å². The van der Waals surface area contributed by atoms with E-state index < -0.39 is 0 Å². The first kappa shape index (κ1) is 17.0. The molecule has 0 saturated heterocycles. The molecule has 0 spiro atoms. The van der Waals surface area contributed by atoms with Gasteiger partial charge in [0.1, 0.15) is 0 Å². The Hall–Kier alpha value is -1.81. The molecule has 24 heavy (non-hydrogen) atoms. The van der Waals surface area contributed by atoms with Crippen molar-refractivity contribution in [3.05, 3.63) is 63.6 Å². The molecule has 3 rings (SSSR count). The average Bonchev–Trinajstić information content (AvgIpc) is 2.61. The van der Waals surface area contributed by atoms with Crippen molar-refractivity contribution in [3.63, 3.8) is 0 Å². The molecule has 1 aliphatic heterocycles. The molecule has 4 heteroatoms. The third-order valence-electron chi connectivity index (χ3n) is 4.55. The fourth-order valence-corrected chi connectivity index (χ4v) is 3.50. The molecule has 0 fully saturated rings. The van der Waals surface area contributed by atoms with Gasteiger partial charge in [-0.3, -0.25) is 4.79 Å². The molecule has 126 valence electrons. The van der Waals surface area contributed by atoms with Gasteiger partial charge in [-0.15, -0.1) is 0 Å². The van der Waals surface area contributed by atoms with E-state index in [0.717, 1.165) is 30.4 Å². The van der Waals surface area contributed by atoms with Gasteiger partial charge in [-0.25, -0.2) is 0 Å². The molecule has 0 aromatic heterocycles. The van der Waals surface area contributed by atoms with Crippen molar-refractivity contribution in [1.29, 1.82) is 0 Å². The van der Waals surface area contributed by atoms with E-state index in [4.69, 9.17) is 0 Å². The number of carbonyl (C=O) groups is 1. The smallest absolute Gasteiger partial charge is 0.251 e. The summed E-state index contributed by atoms with van der Waals surface area (Å²) >= 11 is 3.38. The van der Waals surface area contributed by atoms with Crippen LogP contribution in [0.4, 0.5) is 5.69 Å². The molecule has 0 bridgehead atoms. The molecule has 1 amide bonds. The SMILES string of the molecule is CCN1CCCc2cc(CCNC(=O)c3ccc(Br)cc3)ccc21. The van der Waals surface area contributed by atoms with Crippen LogP contribution in [0, 0.1) is 0 Å². The second-order valence-electron chi connectivity index (χ2n) is 6.16. The molecule has 0 saturated carbocycles. The molecular formula is C20H23BrN2O.